The van der Waals surface area contributed by atoms with Gasteiger partial charge >= 0.3 is 0 Å². The van der Waals surface area contributed by atoms with Crippen molar-refractivity contribution in [3.8, 4) is 0 Å². The second-order valence-electron chi connectivity index (χ2n) is 3.91. The maximum Gasteiger partial charge on any atom is 0.138 e. The van der Waals surface area contributed by atoms with E-state index in [-0.39, 0.29) is 0 Å². The first-order valence-corrected chi connectivity index (χ1v) is 5.85. The van der Waals surface area contributed by atoms with Crippen molar-refractivity contribution in [3.63, 3.8) is 0 Å². The fraction of sp³-hybridized carbons (Fsp3) is 0.636. The molecule has 0 N–H and O–H groups in total. The van der Waals surface area contributed by atoms with Crippen LogP contribution in [0.25, 0.3) is 0 Å². The Balaban J connectivity index is 2.49. The Morgan fingerprint density at radius 2 is 2.27 bits per heavy atom. The number of nitrogens with zero attached hydrogens (tertiary/aromatic N) is 3. The Morgan fingerprint density at radius 3 is 2.93 bits per heavy atom. The number of halogens is 1. The molecular formula is C11H18ClN3. The topological polar surface area (TPSA) is 30.7 Å². The van der Waals surface area contributed by atoms with Crippen molar-refractivity contribution in [2.45, 2.75) is 33.2 Å². The van der Waals surface area contributed by atoms with Crippen molar-refractivity contribution in [2.24, 2.45) is 5.92 Å². The number of allylic oxidation sites excluding steroid dienone is 2. The van der Waals surface area contributed by atoms with E-state index in [1.54, 1.807) is 6.33 Å². The summed E-state index contributed by atoms with van der Waals surface area (Å²) in [5.74, 6) is 2.29. The fourth-order valence-corrected chi connectivity index (χ4v) is 1.44. The van der Waals surface area contributed by atoms with E-state index in [0.29, 0.717) is 11.8 Å². The molecule has 0 saturated heterocycles. The van der Waals surface area contributed by atoms with E-state index in [1.807, 2.05) is 4.68 Å². The first-order valence-electron chi connectivity index (χ1n) is 5.31. The minimum atomic E-state index is 0.595. The maximum absolute atomic E-state index is 5.58. The van der Waals surface area contributed by atoms with Crippen LogP contribution in [0.4, 0.5) is 0 Å². The molecule has 0 aliphatic rings. The van der Waals surface area contributed by atoms with Crippen LogP contribution in [0.5, 0.6) is 0 Å². The van der Waals surface area contributed by atoms with Gasteiger partial charge in [0.2, 0.25) is 0 Å². The third kappa shape index (κ3) is 4.47. The Labute approximate surface area is 96.2 Å². The van der Waals surface area contributed by atoms with Gasteiger partial charge in [-0.1, -0.05) is 26.0 Å². The summed E-state index contributed by atoms with van der Waals surface area (Å²) in [6, 6.07) is 0. The summed E-state index contributed by atoms with van der Waals surface area (Å²) in [7, 11) is 0. The molecule has 0 fully saturated rings. The summed E-state index contributed by atoms with van der Waals surface area (Å²) in [5.41, 5.74) is 0. The predicted molar refractivity (Wildman–Crippen MR) is 63.0 cm³/mol. The maximum atomic E-state index is 5.58. The van der Waals surface area contributed by atoms with Crippen LogP contribution in [0.15, 0.2) is 18.5 Å². The zero-order chi connectivity index (χ0) is 11.1. The van der Waals surface area contributed by atoms with Crippen LogP contribution < -0.4 is 0 Å². The van der Waals surface area contributed by atoms with E-state index < -0.39 is 0 Å². The van der Waals surface area contributed by atoms with Crippen LogP contribution in [0.2, 0.25) is 0 Å². The molecule has 0 aromatic carbocycles. The van der Waals surface area contributed by atoms with E-state index >= 15 is 0 Å². The highest BCUT2D eigenvalue weighted by Gasteiger charge is 2.03. The molecule has 1 aromatic rings. The van der Waals surface area contributed by atoms with Gasteiger partial charge in [0.1, 0.15) is 12.2 Å². The van der Waals surface area contributed by atoms with Crippen LogP contribution in [0.1, 0.15) is 26.1 Å². The second-order valence-corrected chi connectivity index (χ2v) is 4.28. The monoisotopic (exact) mass is 227 g/mol. The van der Waals surface area contributed by atoms with Gasteiger partial charge in [0.25, 0.3) is 0 Å². The SMILES string of the molecule is CC(C)Cn1ncnc1CC=CCCCl. The highest BCUT2D eigenvalue weighted by molar-refractivity contribution is 6.17. The molecule has 3 nitrogen and oxygen atoms in total. The third-order valence-electron chi connectivity index (χ3n) is 1.98. The fourth-order valence-electron chi connectivity index (χ4n) is 1.31. The van der Waals surface area contributed by atoms with Crippen molar-refractivity contribution in [3.05, 3.63) is 24.3 Å². The molecule has 0 atom stereocenters. The molecule has 0 aliphatic heterocycles. The lowest BCUT2D eigenvalue weighted by Gasteiger charge is -2.06. The van der Waals surface area contributed by atoms with Gasteiger partial charge < -0.3 is 0 Å². The largest absolute Gasteiger partial charge is 0.250 e. The number of alkyl halides is 1. The van der Waals surface area contributed by atoms with Gasteiger partial charge in [-0.15, -0.1) is 11.6 Å². The molecule has 1 heterocycles. The van der Waals surface area contributed by atoms with Crippen LogP contribution in [-0.4, -0.2) is 20.6 Å². The van der Waals surface area contributed by atoms with E-state index in [0.717, 1.165) is 25.2 Å². The van der Waals surface area contributed by atoms with Crippen molar-refractivity contribution in [1.82, 2.24) is 14.8 Å². The Morgan fingerprint density at radius 1 is 1.47 bits per heavy atom. The van der Waals surface area contributed by atoms with E-state index in [4.69, 9.17) is 11.6 Å². The van der Waals surface area contributed by atoms with E-state index in [9.17, 15) is 0 Å². The average Bonchev–Trinajstić information content (AvgIpc) is 2.59. The minimum absolute atomic E-state index is 0.595. The molecule has 0 bridgehead atoms. The quantitative estimate of drug-likeness (QED) is 0.553. The lowest BCUT2D eigenvalue weighted by molar-refractivity contribution is 0.469. The zero-order valence-electron chi connectivity index (χ0n) is 9.36. The van der Waals surface area contributed by atoms with Gasteiger partial charge in [-0.05, 0) is 12.3 Å². The van der Waals surface area contributed by atoms with Gasteiger partial charge in [0.15, 0.2) is 0 Å². The number of hydrogen-bond donors (Lipinski definition) is 0. The van der Waals surface area contributed by atoms with Crippen molar-refractivity contribution >= 4 is 11.6 Å². The van der Waals surface area contributed by atoms with Crippen molar-refractivity contribution in [2.75, 3.05) is 5.88 Å². The molecule has 1 rings (SSSR count). The Hall–Kier alpha value is -0.830. The first-order chi connectivity index (χ1) is 7.24. The third-order valence-corrected chi connectivity index (χ3v) is 2.19. The lowest BCUT2D eigenvalue weighted by Crippen LogP contribution is -2.09. The summed E-state index contributed by atoms with van der Waals surface area (Å²) in [5, 5.41) is 4.20. The summed E-state index contributed by atoms with van der Waals surface area (Å²) >= 11 is 5.58. The molecule has 0 saturated carbocycles. The van der Waals surface area contributed by atoms with Gasteiger partial charge in [-0.25, -0.2) is 9.67 Å². The van der Waals surface area contributed by atoms with E-state index in [2.05, 4.69) is 36.1 Å². The average molecular weight is 228 g/mol. The van der Waals surface area contributed by atoms with Crippen LogP contribution in [0.3, 0.4) is 0 Å². The van der Waals surface area contributed by atoms with Gasteiger partial charge in [0, 0.05) is 18.8 Å². The Kier molecular flexibility index (Phi) is 5.40. The summed E-state index contributed by atoms with van der Waals surface area (Å²) < 4.78 is 1.97. The number of rotatable bonds is 6. The van der Waals surface area contributed by atoms with Crippen LogP contribution in [-0.2, 0) is 13.0 Å². The minimum Gasteiger partial charge on any atom is -0.250 e. The normalized spacial score (nSPS) is 11.7. The highest BCUT2D eigenvalue weighted by atomic mass is 35.5. The summed E-state index contributed by atoms with van der Waals surface area (Å²) in [6.07, 6.45) is 7.56. The molecule has 1 aromatic heterocycles. The van der Waals surface area contributed by atoms with Crippen LogP contribution >= 0.6 is 11.6 Å². The molecule has 0 radical (unpaired) electrons. The molecule has 0 amide bonds. The summed E-state index contributed by atoms with van der Waals surface area (Å²) in [6.45, 7) is 5.28. The van der Waals surface area contributed by atoms with Gasteiger partial charge in [0.05, 0.1) is 0 Å². The molecule has 84 valence electrons. The van der Waals surface area contributed by atoms with Crippen molar-refractivity contribution < 1.29 is 0 Å². The molecule has 0 unspecified atom stereocenters. The number of hydrogen-bond acceptors (Lipinski definition) is 2. The van der Waals surface area contributed by atoms with E-state index in [1.165, 1.54) is 0 Å². The molecule has 4 heteroatoms. The first kappa shape index (κ1) is 12.2. The Bertz CT molecular complexity index is 305. The lowest BCUT2D eigenvalue weighted by atomic mass is 10.2. The molecular weight excluding hydrogens is 210 g/mol. The zero-order valence-corrected chi connectivity index (χ0v) is 10.1. The highest BCUT2D eigenvalue weighted by Crippen LogP contribution is 2.02. The van der Waals surface area contributed by atoms with Gasteiger partial charge in [-0.3, -0.25) is 0 Å². The predicted octanol–water partition coefficient (Wildman–Crippen LogP) is 2.66. The van der Waals surface area contributed by atoms with Crippen LogP contribution in [0, 0.1) is 5.92 Å². The molecule has 0 spiro atoms. The van der Waals surface area contributed by atoms with Crippen molar-refractivity contribution in [1.29, 1.82) is 0 Å². The molecule has 0 aliphatic carbocycles. The number of aromatic nitrogens is 3. The standard InChI is InChI=1S/C11H18ClN3/c1-10(2)8-15-11(13-9-14-15)6-4-3-5-7-12/h3-4,9-10H,5-8H2,1-2H3. The smallest absolute Gasteiger partial charge is 0.138 e. The van der Waals surface area contributed by atoms with Gasteiger partial charge in [-0.2, -0.15) is 5.10 Å². The second kappa shape index (κ2) is 6.62. The summed E-state index contributed by atoms with van der Waals surface area (Å²) in [4.78, 5) is 4.23. The molecule has 15 heavy (non-hydrogen) atoms.